The van der Waals surface area contributed by atoms with E-state index < -0.39 is 41.5 Å². The number of hydrogen-bond acceptors (Lipinski definition) is 3. The van der Waals surface area contributed by atoms with E-state index >= 15 is 0 Å². The molecule has 8 heteroatoms. The Morgan fingerprint density at radius 2 is 1.73 bits per heavy atom. The Balaban J connectivity index is 1.68. The van der Waals surface area contributed by atoms with Crippen molar-refractivity contribution < 1.29 is 22.8 Å². The van der Waals surface area contributed by atoms with Crippen LogP contribution in [0.1, 0.15) is 10.4 Å². The summed E-state index contributed by atoms with van der Waals surface area (Å²) in [7, 11) is 0. The molecule has 1 aromatic heterocycles. The number of benzene rings is 2. The fourth-order valence-corrected chi connectivity index (χ4v) is 2.37. The van der Waals surface area contributed by atoms with E-state index in [4.69, 9.17) is 0 Å². The largest absolute Gasteiger partial charge is 0.343 e. The van der Waals surface area contributed by atoms with E-state index in [2.05, 4.69) is 15.6 Å². The predicted octanol–water partition coefficient (Wildman–Crippen LogP) is 3.02. The summed E-state index contributed by atoms with van der Waals surface area (Å²) in [6.07, 6.45) is 1.47. The molecule has 0 saturated carbocycles. The maximum Gasteiger partial charge on any atom is 0.252 e. The summed E-state index contributed by atoms with van der Waals surface area (Å²) in [5, 5.41) is 5.07. The first-order chi connectivity index (χ1) is 12.5. The van der Waals surface area contributed by atoms with Gasteiger partial charge in [0, 0.05) is 11.6 Å². The van der Waals surface area contributed by atoms with E-state index in [1.807, 2.05) is 0 Å². The minimum absolute atomic E-state index is 0.322. The lowest BCUT2D eigenvalue weighted by atomic mass is 10.1. The van der Waals surface area contributed by atoms with Gasteiger partial charge in [0.25, 0.3) is 5.91 Å². The third kappa shape index (κ3) is 3.49. The number of carbonyl (C=O) groups is 2. The standard InChI is InChI=1S/C18H12F3N3O2/c19-12-5-6-14(17(21)16(12)20)24-15(25)9-23-18(26)11-7-8-22-13-4-2-1-3-10(11)13/h1-8H,9H2,(H,23,26)(H,24,25). The van der Waals surface area contributed by atoms with Crippen LogP contribution in [0.15, 0.2) is 48.7 Å². The first-order valence-corrected chi connectivity index (χ1v) is 7.52. The molecule has 0 radical (unpaired) electrons. The topological polar surface area (TPSA) is 71.1 Å². The van der Waals surface area contributed by atoms with Crippen LogP contribution in [-0.2, 0) is 4.79 Å². The summed E-state index contributed by atoms with van der Waals surface area (Å²) in [6.45, 7) is -0.478. The highest BCUT2D eigenvalue weighted by atomic mass is 19.2. The van der Waals surface area contributed by atoms with Crippen LogP contribution in [-0.4, -0.2) is 23.3 Å². The molecular weight excluding hydrogens is 347 g/mol. The fraction of sp³-hybridized carbons (Fsp3) is 0.0556. The number of hydrogen-bond donors (Lipinski definition) is 2. The van der Waals surface area contributed by atoms with Gasteiger partial charge in [-0.3, -0.25) is 14.6 Å². The number of fused-ring (bicyclic) bond motifs is 1. The number of anilines is 1. The Morgan fingerprint density at radius 3 is 2.54 bits per heavy atom. The predicted molar refractivity (Wildman–Crippen MR) is 89.0 cm³/mol. The van der Waals surface area contributed by atoms with Crippen molar-refractivity contribution in [1.29, 1.82) is 0 Å². The second-order valence-corrected chi connectivity index (χ2v) is 5.33. The second kappa shape index (κ2) is 7.22. The Bertz CT molecular complexity index is 1000. The van der Waals surface area contributed by atoms with Gasteiger partial charge in [0.2, 0.25) is 5.91 Å². The Kier molecular flexibility index (Phi) is 4.83. The quantitative estimate of drug-likeness (QED) is 0.704. The third-order valence-electron chi connectivity index (χ3n) is 3.61. The fourth-order valence-electron chi connectivity index (χ4n) is 2.37. The van der Waals surface area contributed by atoms with Crippen LogP contribution < -0.4 is 10.6 Å². The lowest BCUT2D eigenvalue weighted by molar-refractivity contribution is -0.115. The molecule has 0 saturated heterocycles. The monoisotopic (exact) mass is 359 g/mol. The molecule has 3 rings (SSSR count). The van der Waals surface area contributed by atoms with Crippen molar-refractivity contribution in [2.24, 2.45) is 0 Å². The SMILES string of the molecule is O=C(CNC(=O)c1ccnc2ccccc12)Nc1ccc(F)c(F)c1F. The third-order valence-corrected chi connectivity index (χ3v) is 3.61. The van der Waals surface area contributed by atoms with Crippen molar-refractivity contribution in [3.8, 4) is 0 Å². The highest BCUT2D eigenvalue weighted by Crippen LogP contribution is 2.19. The molecule has 0 atom stereocenters. The van der Waals surface area contributed by atoms with Gasteiger partial charge in [-0.05, 0) is 24.3 Å². The summed E-state index contributed by atoms with van der Waals surface area (Å²) in [5.74, 6) is -5.87. The number of pyridine rings is 1. The van der Waals surface area contributed by atoms with Crippen LogP contribution in [0.2, 0.25) is 0 Å². The molecule has 0 aliphatic heterocycles. The van der Waals surface area contributed by atoms with Crippen LogP contribution in [0.25, 0.3) is 10.9 Å². The van der Waals surface area contributed by atoms with Crippen molar-refractivity contribution >= 4 is 28.4 Å². The summed E-state index contributed by atoms with van der Waals surface area (Å²) in [6, 6.07) is 10.1. The molecule has 132 valence electrons. The smallest absolute Gasteiger partial charge is 0.252 e. The summed E-state index contributed by atoms with van der Waals surface area (Å²) < 4.78 is 39.6. The highest BCUT2D eigenvalue weighted by molar-refractivity contribution is 6.07. The molecule has 26 heavy (non-hydrogen) atoms. The minimum atomic E-state index is -1.69. The van der Waals surface area contributed by atoms with Gasteiger partial charge in [0.15, 0.2) is 17.5 Å². The van der Waals surface area contributed by atoms with E-state index in [1.54, 1.807) is 24.3 Å². The highest BCUT2D eigenvalue weighted by Gasteiger charge is 2.16. The van der Waals surface area contributed by atoms with E-state index in [0.29, 0.717) is 22.5 Å². The molecule has 0 spiro atoms. The molecule has 1 heterocycles. The van der Waals surface area contributed by atoms with Gasteiger partial charge in [-0.15, -0.1) is 0 Å². The number of aromatic nitrogens is 1. The van der Waals surface area contributed by atoms with Crippen LogP contribution in [0, 0.1) is 17.5 Å². The van der Waals surface area contributed by atoms with Gasteiger partial charge in [0.1, 0.15) is 0 Å². The van der Waals surface area contributed by atoms with Gasteiger partial charge >= 0.3 is 0 Å². The number of para-hydroxylation sites is 1. The van der Waals surface area contributed by atoms with E-state index in [1.165, 1.54) is 12.3 Å². The van der Waals surface area contributed by atoms with Crippen LogP contribution in [0.5, 0.6) is 0 Å². The molecule has 0 aliphatic rings. The molecule has 2 N–H and O–H groups in total. The van der Waals surface area contributed by atoms with Gasteiger partial charge < -0.3 is 10.6 Å². The maximum absolute atomic E-state index is 13.5. The number of nitrogens with zero attached hydrogens (tertiary/aromatic N) is 1. The van der Waals surface area contributed by atoms with Crippen molar-refractivity contribution in [1.82, 2.24) is 10.3 Å². The van der Waals surface area contributed by atoms with Gasteiger partial charge in [-0.1, -0.05) is 18.2 Å². The number of halogens is 3. The van der Waals surface area contributed by atoms with Crippen molar-refractivity contribution in [2.75, 3.05) is 11.9 Å². The Labute approximate surface area is 145 Å². The maximum atomic E-state index is 13.5. The zero-order valence-corrected chi connectivity index (χ0v) is 13.2. The molecule has 0 unspecified atom stereocenters. The van der Waals surface area contributed by atoms with Crippen molar-refractivity contribution in [2.45, 2.75) is 0 Å². The first kappa shape index (κ1) is 17.4. The molecule has 2 aromatic carbocycles. The van der Waals surface area contributed by atoms with Crippen LogP contribution in [0.4, 0.5) is 18.9 Å². The van der Waals surface area contributed by atoms with Gasteiger partial charge in [0.05, 0.1) is 23.3 Å². The molecule has 0 fully saturated rings. The first-order valence-electron chi connectivity index (χ1n) is 7.52. The Hall–Kier alpha value is -3.42. The zero-order chi connectivity index (χ0) is 18.7. The van der Waals surface area contributed by atoms with Gasteiger partial charge in [-0.25, -0.2) is 13.2 Å². The average Bonchev–Trinajstić information content (AvgIpc) is 2.66. The molecular formula is C18H12F3N3O2. The van der Waals surface area contributed by atoms with Gasteiger partial charge in [-0.2, -0.15) is 0 Å². The number of amides is 2. The van der Waals surface area contributed by atoms with Crippen LogP contribution in [0.3, 0.4) is 0 Å². The lowest BCUT2D eigenvalue weighted by Crippen LogP contribution is -2.33. The lowest BCUT2D eigenvalue weighted by Gasteiger charge is -2.09. The second-order valence-electron chi connectivity index (χ2n) is 5.33. The molecule has 0 bridgehead atoms. The summed E-state index contributed by atoms with van der Waals surface area (Å²) >= 11 is 0. The summed E-state index contributed by atoms with van der Waals surface area (Å²) in [5.41, 5.74) is 0.424. The van der Waals surface area contributed by atoms with E-state index in [9.17, 15) is 22.8 Å². The normalized spacial score (nSPS) is 10.6. The molecule has 5 nitrogen and oxygen atoms in total. The molecule has 0 aliphatic carbocycles. The molecule has 3 aromatic rings. The van der Waals surface area contributed by atoms with Crippen molar-refractivity contribution in [3.05, 3.63) is 71.7 Å². The Morgan fingerprint density at radius 1 is 0.962 bits per heavy atom. The minimum Gasteiger partial charge on any atom is -0.343 e. The summed E-state index contributed by atoms with van der Waals surface area (Å²) in [4.78, 5) is 28.3. The number of nitrogens with one attached hydrogen (secondary N) is 2. The van der Waals surface area contributed by atoms with E-state index in [0.717, 1.165) is 6.07 Å². The van der Waals surface area contributed by atoms with Crippen LogP contribution >= 0.6 is 0 Å². The zero-order valence-electron chi connectivity index (χ0n) is 13.2. The molecule has 2 amide bonds. The number of carbonyl (C=O) groups excluding carboxylic acids is 2. The van der Waals surface area contributed by atoms with Crippen molar-refractivity contribution in [3.63, 3.8) is 0 Å². The number of rotatable bonds is 4. The average molecular weight is 359 g/mol. The van der Waals surface area contributed by atoms with E-state index in [-0.39, 0.29) is 0 Å².